The van der Waals surface area contributed by atoms with Crippen molar-refractivity contribution >= 4 is 28.8 Å². The van der Waals surface area contributed by atoms with Crippen molar-refractivity contribution in [1.82, 2.24) is 0 Å². The molecule has 2 aromatic carbocycles. The summed E-state index contributed by atoms with van der Waals surface area (Å²) < 4.78 is 0. The Bertz CT molecular complexity index is 765. The van der Waals surface area contributed by atoms with Gasteiger partial charge in [-0.2, -0.15) is 0 Å². The van der Waals surface area contributed by atoms with E-state index in [0.717, 1.165) is 24.5 Å². The fraction of sp³-hybridized carbons (Fsp3) is 0.333. The molecule has 1 fully saturated rings. The highest BCUT2D eigenvalue weighted by molar-refractivity contribution is 5.96. The van der Waals surface area contributed by atoms with Crippen LogP contribution in [0.3, 0.4) is 0 Å². The van der Waals surface area contributed by atoms with Crippen molar-refractivity contribution in [3.63, 3.8) is 0 Å². The summed E-state index contributed by atoms with van der Waals surface area (Å²) in [7, 11) is 0. The average Bonchev–Trinajstić information content (AvgIpc) is 2.68. The van der Waals surface area contributed by atoms with E-state index in [9.17, 15) is 9.59 Å². The predicted octanol–water partition coefficient (Wildman–Crippen LogP) is 3.93. The van der Waals surface area contributed by atoms with Gasteiger partial charge in [0.1, 0.15) is 0 Å². The van der Waals surface area contributed by atoms with Crippen LogP contribution in [0.5, 0.6) is 0 Å². The van der Waals surface area contributed by atoms with Crippen molar-refractivity contribution in [3.05, 3.63) is 54.1 Å². The van der Waals surface area contributed by atoms with E-state index in [1.54, 1.807) is 24.3 Å². The average molecular weight is 351 g/mol. The lowest BCUT2D eigenvalue weighted by Crippen LogP contribution is -2.30. The number of carbonyl (C=O) groups excluding carboxylic acids is 2. The number of amides is 1. The molecular weight excluding hydrogens is 326 g/mol. The van der Waals surface area contributed by atoms with Gasteiger partial charge in [0.25, 0.3) is 0 Å². The van der Waals surface area contributed by atoms with Gasteiger partial charge in [0, 0.05) is 24.3 Å². The summed E-state index contributed by atoms with van der Waals surface area (Å²) in [5, 5.41) is 6.10. The number of rotatable bonds is 6. The maximum absolute atomic E-state index is 12.2. The normalized spacial score (nSPS) is 14.0. The van der Waals surface area contributed by atoms with Crippen LogP contribution in [0.15, 0.2) is 48.5 Å². The van der Waals surface area contributed by atoms with Gasteiger partial charge in [0.05, 0.1) is 17.9 Å². The molecule has 0 spiro atoms. The summed E-state index contributed by atoms with van der Waals surface area (Å²) in [5.74, 6) is -0.104. The Labute approximate surface area is 154 Å². The molecule has 0 aliphatic carbocycles. The molecule has 0 radical (unpaired) electrons. The maximum Gasteiger partial charge on any atom is 0.243 e. The van der Waals surface area contributed by atoms with Crippen LogP contribution in [-0.2, 0) is 4.79 Å². The molecule has 0 atom stereocenters. The maximum atomic E-state index is 12.2. The number of para-hydroxylation sites is 2. The molecule has 26 heavy (non-hydrogen) atoms. The summed E-state index contributed by atoms with van der Waals surface area (Å²) in [4.78, 5) is 25.9. The van der Waals surface area contributed by atoms with Gasteiger partial charge in [-0.05, 0) is 62.6 Å². The summed E-state index contributed by atoms with van der Waals surface area (Å²) in [5.41, 5.74) is 3.46. The van der Waals surface area contributed by atoms with Gasteiger partial charge >= 0.3 is 0 Å². The van der Waals surface area contributed by atoms with E-state index in [1.807, 2.05) is 18.2 Å². The number of carbonyl (C=O) groups is 2. The quantitative estimate of drug-likeness (QED) is 0.774. The summed E-state index contributed by atoms with van der Waals surface area (Å²) >= 11 is 0. The number of nitrogens with one attached hydrogen (secondary N) is 2. The van der Waals surface area contributed by atoms with Crippen LogP contribution >= 0.6 is 0 Å². The van der Waals surface area contributed by atoms with Gasteiger partial charge < -0.3 is 15.5 Å². The topological polar surface area (TPSA) is 61.4 Å². The molecule has 0 bridgehead atoms. The number of hydrogen-bond donors (Lipinski definition) is 2. The number of piperidine rings is 1. The third-order valence-corrected chi connectivity index (χ3v) is 4.62. The Morgan fingerprint density at radius 1 is 0.962 bits per heavy atom. The van der Waals surface area contributed by atoms with E-state index in [-0.39, 0.29) is 18.2 Å². The van der Waals surface area contributed by atoms with E-state index in [2.05, 4.69) is 21.6 Å². The summed E-state index contributed by atoms with van der Waals surface area (Å²) in [6, 6.07) is 15.1. The minimum Gasteiger partial charge on any atom is -0.374 e. The molecule has 2 N–H and O–H groups in total. The molecule has 1 heterocycles. The molecule has 0 saturated carbocycles. The fourth-order valence-corrected chi connectivity index (χ4v) is 3.20. The molecule has 0 aromatic heterocycles. The highest BCUT2D eigenvalue weighted by Crippen LogP contribution is 2.28. The SMILES string of the molecule is CC(=O)c1ccc(NC(=O)CNc2ccccc2N2CCCCC2)cc1. The molecule has 1 saturated heterocycles. The van der Waals surface area contributed by atoms with Gasteiger partial charge in [0.15, 0.2) is 5.78 Å². The van der Waals surface area contributed by atoms with Crippen LogP contribution in [0.2, 0.25) is 0 Å². The van der Waals surface area contributed by atoms with Crippen molar-refractivity contribution in [2.45, 2.75) is 26.2 Å². The molecule has 136 valence electrons. The van der Waals surface area contributed by atoms with Crippen LogP contribution in [-0.4, -0.2) is 31.3 Å². The molecular formula is C21H25N3O2. The van der Waals surface area contributed by atoms with Crippen LogP contribution < -0.4 is 15.5 Å². The standard InChI is InChI=1S/C21H25N3O2/c1-16(25)17-9-11-18(12-10-17)23-21(26)15-22-19-7-3-4-8-20(19)24-13-5-2-6-14-24/h3-4,7-12,22H,2,5-6,13-15H2,1H3,(H,23,26). The molecule has 5 nitrogen and oxygen atoms in total. The van der Waals surface area contributed by atoms with Crippen molar-refractivity contribution in [2.24, 2.45) is 0 Å². The van der Waals surface area contributed by atoms with Crippen molar-refractivity contribution in [2.75, 3.05) is 35.2 Å². The van der Waals surface area contributed by atoms with Crippen LogP contribution in [0.25, 0.3) is 0 Å². The lowest BCUT2D eigenvalue weighted by Gasteiger charge is -2.30. The largest absolute Gasteiger partial charge is 0.374 e. The Balaban J connectivity index is 1.58. The zero-order chi connectivity index (χ0) is 18.4. The predicted molar refractivity (Wildman–Crippen MR) is 106 cm³/mol. The number of anilines is 3. The van der Waals surface area contributed by atoms with Gasteiger partial charge in [-0.1, -0.05) is 12.1 Å². The number of nitrogens with zero attached hydrogens (tertiary/aromatic N) is 1. The molecule has 2 aromatic rings. The first-order chi connectivity index (χ1) is 12.6. The molecule has 1 amide bonds. The van der Waals surface area contributed by atoms with Gasteiger partial charge in [-0.15, -0.1) is 0 Å². The van der Waals surface area contributed by atoms with E-state index in [4.69, 9.17) is 0 Å². The fourth-order valence-electron chi connectivity index (χ4n) is 3.20. The Kier molecular flexibility index (Phi) is 5.89. The van der Waals surface area contributed by atoms with Gasteiger partial charge in [0.2, 0.25) is 5.91 Å². The van der Waals surface area contributed by atoms with E-state index in [0.29, 0.717) is 11.3 Å². The number of ketones is 1. The lowest BCUT2D eigenvalue weighted by molar-refractivity contribution is -0.114. The first-order valence-electron chi connectivity index (χ1n) is 9.12. The number of Topliss-reactive ketones (excluding diaryl/α,β-unsaturated/α-hetero) is 1. The molecule has 5 heteroatoms. The number of hydrogen-bond acceptors (Lipinski definition) is 4. The van der Waals surface area contributed by atoms with Gasteiger partial charge in [-0.25, -0.2) is 0 Å². The molecule has 3 rings (SSSR count). The van der Waals surface area contributed by atoms with Crippen LogP contribution in [0, 0.1) is 0 Å². The van der Waals surface area contributed by atoms with Crippen molar-refractivity contribution in [3.8, 4) is 0 Å². The summed E-state index contributed by atoms with van der Waals surface area (Å²) in [6.45, 7) is 3.84. The highest BCUT2D eigenvalue weighted by atomic mass is 16.2. The second kappa shape index (κ2) is 8.52. The zero-order valence-electron chi connectivity index (χ0n) is 15.1. The van der Waals surface area contributed by atoms with E-state index >= 15 is 0 Å². The molecule has 1 aliphatic rings. The third kappa shape index (κ3) is 4.63. The molecule has 1 aliphatic heterocycles. The van der Waals surface area contributed by atoms with Crippen LogP contribution in [0.4, 0.5) is 17.1 Å². The second-order valence-corrected chi connectivity index (χ2v) is 6.60. The monoisotopic (exact) mass is 351 g/mol. The smallest absolute Gasteiger partial charge is 0.243 e. The minimum absolute atomic E-state index is 0.0128. The minimum atomic E-state index is -0.117. The molecule has 0 unspecified atom stereocenters. The van der Waals surface area contributed by atoms with E-state index < -0.39 is 0 Å². The lowest BCUT2D eigenvalue weighted by atomic mass is 10.1. The van der Waals surface area contributed by atoms with Crippen molar-refractivity contribution in [1.29, 1.82) is 0 Å². The Hall–Kier alpha value is -2.82. The first kappa shape index (κ1) is 18.0. The summed E-state index contributed by atoms with van der Waals surface area (Å²) in [6.07, 6.45) is 3.72. The Morgan fingerprint density at radius 2 is 1.65 bits per heavy atom. The first-order valence-corrected chi connectivity index (χ1v) is 9.12. The van der Waals surface area contributed by atoms with Crippen LogP contribution in [0.1, 0.15) is 36.5 Å². The van der Waals surface area contributed by atoms with Gasteiger partial charge in [-0.3, -0.25) is 9.59 Å². The highest BCUT2D eigenvalue weighted by Gasteiger charge is 2.14. The zero-order valence-corrected chi connectivity index (χ0v) is 15.1. The second-order valence-electron chi connectivity index (χ2n) is 6.60. The van der Waals surface area contributed by atoms with Crippen molar-refractivity contribution < 1.29 is 9.59 Å². The van der Waals surface area contributed by atoms with E-state index in [1.165, 1.54) is 26.2 Å². The number of benzene rings is 2. The third-order valence-electron chi connectivity index (χ3n) is 4.62. The Morgan fingerprint density at radius 3 is 2.35 bits per heavy atom.